The number of anilines is 1. The molecule has 0 unspecified atom stereocenters. The number of carbonyl (C=O) groups excluding carboxylic acids is 1. The summed E-state index contributed by atoms with van der Waals surface area (Å²) in [6.45, 7) is 7.91. The maximum atomic E-state index is 11.7. The Morgan fingerprint density at radius 1 is 1.53 bits per heavy atom. The van der Waals surface area contributed by atoms with Crippen LogP contribution in [-0.2, 0) is 11.2 Å². The molecular weight excluding hydrogens is 184 g/mol. The fourth-order valence-electron chi connectivity index (χ4n) is 1.42. The molecule has 1 rings (SSSR count). The predicted octanol–water partition coefficient (Wildman–Crippen LogP) is 1.60. The molecule has 15 heavy (non-hydrogen) atoms. The van der Waals surface area contributed by atoms with E-state index in [2.05, 4.69) is 0 Å². The minimum atomic E-state index is -0.0688. The van der Waals surface area contributed by atoms with Crippen molar-refractivity contribution in [3.63, 3.8) is 0 Å². The Hall–Kier alpha value is -1.05. The van der Waals surface area contributed by atoms with Crippen LogP contribution in [0.15, 0.2) is 18.0 Å². The summed E-state index contributed by atoms with van der Waals surface area (Å²) < 4.78 is 0. The van der Waals surface area contributed by atoms with Crippen LogP contribution in [0.4, 0.5) is 5.69 Å². The second-order valence-corrected chi connectivity index (χ2v) is 4.85. The van der Waals surface area contributed by atoms with E-state index in [-0.39, 0.29) is 11.0 Å². The molecule has 0 saturated heterocycles. The fraction of sp³-hybridized carbons (Fsp3) is 0.455. The molecule has 0 atom stereocenters. The molecule has 0 aliphatic heterocycles. The van der Waals surface area contributed by atoms with Crippen LogP contribution in [0.25, 0.3) is 0 Å². The molecule has 0 amide bonds. The molecule has 1 radical (unpaired) electrons. The van der Waals surface area contributed by atoms with Gasteiger partial charge in [0.25, 0.3) is 0 Å². The zero-order valence-corrected chi connectivity index (χ0v) is 9.58. The number of carbonyl (C=O) groups is 1. The Kier molecular flexibility index (Phi) is 3.72. The van der Waals surface area contributed by atoms with Crippen molar-refractivity contribution >= 4 is 25.6 Å². The topological polar surface area (TPSA) is 43.1 Å². The molecule has 1 aromatic rings. The summed E-state index contributed by atoms with van der Waals surface area (Å²) in [5, 5.41) is -0.0688. The quantitative estimate of drug-likeness (QED) is 0.752. The van der Waals surface area contributed by atoms with Crippen LogP contribution in [-0.4, -0.2) is 19.9 Å². The SMILES string of the molecule is CC(C)(C)[B]C(=O)Cc1ccbcc1N. The van der Waals surface area contributed by atoms with Gasteiger partial charge in [0.1, 0.15) is 0 Å². The zero-order valence-electron chi connectivity index (χ0n) is 9.58. The molecule has 1 heterocycles. The molecule has 0 aliphatic carbocycles. The normalized spacial score (nSPS) is 10.9. The summed E-state index contributed by atoms with van der Waals surface area (Å²) in [4.78, 5) is 11.7. The minimum absolute atomic E-state index is 0.0688. The van der Waals surface area contributed by atoms with E-state index < -0.39 is 0 Å². The molecule has 2 nitrogen and oxygen atoms in total. The van der Waals surface area contributed by atoms with Gasteiger partial charge in [-0.1, -0.05) is 0 Å². The first-order valence-electron chi connectivity index (χ1n) is 5.10. The zero-order chi connectivity index (χ0) is 11.5. The van der Waals surface area contributed by atoms with Gasteiger partial charge in [0.05, 0.1) is 0 Å². The van der Waals surface area contributed by atoms with Gasteiger partial charge < -0.3 is 0 Å². The number of nitrogens with two attached hydrogens (primary N) is 1. The summed E-state index contributed by atoms with van der Waals surface area (Å²) in [5.41, 5.74) is 7.49. The summed E-state index contributed by atoms with van der Waals surface area (Å²) in [6.07, 6.45) is 0.393. The third-order valence-electron chi connectivity index (χ3n) is 2.01. The number of nitrogen functional groups attached to an aromatic ring is 1. The average Bonchev–Trinajstić information content (AvgIpc) is 2.05. The molecule has 0 fully saturated rings. The molecule has 0 bridgehead atoms. The van der Waals surface area contributed by atoms with Crippen molar-refractivity contribution in [2.45, 2.75) is 32.5 Å². The standard InChI is InChI=1S/C11H16B2NO/c1-11(2,3)13-10(15)6-8-4-5-12-7-9(8)14/h4-5,7H,6,14H2,1-3H3. The Balaban J connectivity index is 2.64. The summed E-state index contributed by atoms with van der Waals surface area (Å²) >= 11 is 0. The average molecular weight is 200 g/mol. The van der Waals surface area contributed by atoms with Crippen LogP contribution in [0.1, 0.15) is 26.3 Å². The van der Waals surface area contributed by atoms with Crippen LogP contribution in [0.5, 0.6) is 0 Å². The molecule has 4 heteroatoms. The van der Waals surface area contributed by atoms with Crippen LogP contribution >= 0.6 is 0 Å². The van der Waals surface area contributed by atoms with Crippen LogP contribution in [0.2, 0.25) is 5.31 Å². The Morgan fingerprint density at radius 2 is 2.20 bits per heavy atom. The van der Waals surface area contributed by atoms with E-state index in [9.17, 15) is 4.79 Å². The van der Waals surface area contributed by atoms with Crippen molar-refractivity contribution in [3.8, 4) is 0 Å². The number of rotatable bonds is 3. The van der Waals surface area contributed by atoms with Crippen molar-refractivity contribution < 1.29 is 4.79 Å². The fourth-order valence-corrected chi connectivity index (χ4v) is 1.42. The van der Waals surface area contributed by atoms with Crippen molar-refractivity contribution in [2.75, 3.05) is 5.73 Å². The van der Waals surface area contributed by atoms with Gasteiger partial charge in [-0.3, -0.25) is 0 Å². The van der Waals surface area contributed by atoms with Gasteiger partial charge in [-0.2, -0.15) is 0 Å². The first-order chi connectivity index (χ1) is 6.88. The summed E-state index contributed by atoms with van der Waals surface area (Å²) in [6, 6.07) is 1.89. The van der Waals surface area contributed by atoms with E-state index >= 15 is 0 Å². The molecule has 1 aromatic heterocycles. The Bertz CT molecular complexity index is 358. The third-order valence-corrected chi connectivity index (χ3v) is 2.01. The van der Waals surface area contributed by atoms with Gasteiger partial charge in [0.15, 0.2) is 0 Å². The van der Waals surface area contributed by atoms with Crippen LogP contribution in [0, 0.1) is 0 Å². The molecule has 0 aromatic carbocycles. The van der Waals surface area contributed by atoms with Crippen LogP contribution in [0.3, 0.4) is 0 Å². The van der Waals surface area contributed by atoms with E-state index in [0.29, 0.717) is 12.1 Å². The van der Waals surface area contributed by atoms with Gasteiger partial charge in [-0.05, 0) is 0 Å². The van der Waals surface area contributed by atoms with Crippen molar-refractivity contribution in [1.29, 1.82) is 0 Å². The first-order valence-corrected chi connectivity index (χ1v) is 5.10. The van der Waals surface area contributed by atoms with E-state index in [1.54, 1.807) is 7.28 Å². The van der Waals surface area contributed by atoms with Gasteiger partial charge in [0.2, 0.25) is 0 Å². The van der Waals surface area contributed by atoms with Crippen LogP contribution < -0.4 is 5.73 Å². The summed E-state index contributed by atoms with van der Waals surface area (Å²) in [5.74, 6) is 3.72. The Labute approximate surface area is 92.7 Å². The predicted molar refractivity (Wildman–Crippen MR) is 66.4 cm³/mol. The van der Waals surface area contributed by atoms with Crippen molar-refractivity contribution in [1.82, 2.24) is 0 Å². The monoisotopic (exact) mass is 200 g/mol. The van der Waals surface area contributed by atoms with Gasteiger partial charge >= 0.3 is 92.1 Å². The molecule has 0 saturated carbocycles. The number of hydrogen-bond donors (Lipinski definition) is 1. The first kappa shape index (κ1) is 12.0. The third kappa shape index (κ3) is 4.32. The van der Waals surface area contributed by atoms with Gasteiger partial charge in [-0.25, -0.2) is 0 Å². The van der Waals surface area contributed by atoms with E-state index in [1.165, 1.54) is 0 Å². The Morgan fingerprint density at radius 3 is 2.73 bits per heavy atom. The molecule has 77 valence electrons. The second kappa shape index (κ2) is 4.65. The molecular formula is C11H16B2NO. The summed E-state index contributed by atoms with van der Waals surface area (Å²) in [7, 11) is 1.75. The van der Waals surface area contributed by atoms with Gasteiger partial charge in [0, 0.05) is 0 Å². The molecule has 0 aliphatic rings. The van der Waals surface area contributed by atoms with E-state index in [1.807, 2.05) is 45.7 Å². The van der Waals surface area contributed by atoms with Gasteiger partial charge in [-0.15, -0.1) is 0 Å². The maximum absolute atomic E-state index is 11.7. The molecule has 2 N–H and O–H groups in total. The van der Waals surface area contributed by atoms with Crippen molar-refractivity contribution in [3.05, 3.63) is 23.6 Å². The second-order valence-electron chi connectivity index (χ2n) is 4.85. The number of hydrogen-bond acceptors (Lipinski definition) is 2. The van der Waals surface area contributed by atoms with E-state index in [0.717, 1.165) is 5.56 Å². The molecule has 0 spiro atoms. The van der Waals surface area contributed by atoms with E-state index in [4.69, 9.17) is 5.73 Å². The van der Waals surface area contributed by atoms with Crippen molar-refractivity contribution in [2.24, 2.45) is 0 Å².